The lowest BCUT2D eigenvalue weighted by Crippen LogP contribution is -2.53. The molecule has 1 aliphatic heterocycles. The molecule has 0 aliphatic carbocycles. The molecule has 0 saturated carbocycles. The lowest BCUT2D eigenvalue weighted by atomic mass is 9.91. The van der Waals surface area contributed by atoms with Crippen LogP contribution in [0.5, 0.6) is 0 Å². The average Bonchev–Trinajstić information content (AvgIpc) is 2.71. The molecule has 3 aromatic rings. The van der Waals surface area contributed by atoms with Gasteiger partial charge in [-0.2, -0.15) is 0 Å². The molecule has 0 atom stereocenters. The minimum Gasteiger partial charge on any atom is -0.367 e. The number of hydrogen-bond acceptors (Lipinski definition) is 4. The van der Waals surface area contributed by atoms with Gasteiger partial charge in [-0.25, -0.2) is 9.37 Å². The van der Waals surface area contributed by atoms with Gasteiger partial charge in [-0.05, 0) is 43.7 Å². The molecular weight excluding hydrogens is 391 g/mol. The number of anilines is 1. The van der Waals surface area contributed by atoms with E-state index in [0.717, 1.165) is 48.5 Å². The number of pyridine rings is 2. The average molecular weight is 415 g/mol. The first-order valence-corrected chi connectivity index (χ1v) is 10.1. The van der Waals surface area contributed by atoms with E-state index in [0.29, 0.717) is 5.15 Å². The van der Waals surface area contributed by atoms with E-state index in [1.54, 1.807) is 23.7 Å². The van der Waals surface area contributed by atoms with Gasteiger partial charge in [0.25, 0.3) is 5.56 Å². The molecule has 1 aromatic carbocycles. The summed E-state index contributed by atoms with van der Waals surface area (Å²) in [4.78, 5) is 21.5. The number of nitrogens with zero attached hydrogens (tertiary/aromatic N) is 4. The zero-order chi connectivity index (χ0) is 20.8. The fourth-order valence-corrected chi connectivity index (χ4v) is 4.22. The molecule has 5 nitrogen and oxygen atoms in total. The molecule has 0 spiro atoms. The molecule has 0 radical (unpaired) electrons. The smallest absolute Gasteiger partial charge is 0.252 e. The van der Waals surface area contributed by atoms with Crippen molar-refractivity contribution in [3.63, 3.8) is 0 Å². The molecule has 7 heteroatoms. The van der Waals surface area contributed by atoms with E-state index in [2.05, 4.69) is 28.6 Å². The van der Waals surface area contributed by atoms with Crippen molar-refractivity contribution in [2.24, 2.45) is 7.05 Å². The highest BCUT2D eigenvalue weighted by Crippen LogP contribution is 2.31. The summed E-state index contributed by atoms with van der Waals surface area (Å²) in [5, 5.41) is 0.411. The lowest BCUT2D eigenvalue weighted by Gasteiger charge is -2.45. The Morgan fingerprint density at radius 2 is 1.69 bits per heavy atom. The van der Waals surface area contributed by atoms with E-state index < -0.39 is 0 Å². The second kappa shape index (κ2) is 7.43. The van der Waals surface area contributed by atoms with Crippen molar-refractivity contribution in [1.82, 2.24) is 14.5 Å². The molecule has 1 fully saturated rings. The summed E-state index contributed by atoms with van der Waals surface area (Å²) in [6.07, 6.45) is 0. The first-order chi connectivity index (χ1) is 13.8. The van der Waals surface area contributed by atoms with Crippen LogP contribution in [-0.4, -0.2) is 40.6 Å². The second-order valence-electron chi connectivity index (χ2n) is 7.97. The molecular formula is C22H24ClFN4O. The van der Waals surface area contributed by atoms with E-state index >= 15 is 0 Å². The lowest BCUT2D eigenvalue weighted by molar-refractivity contribution is 0.111. The van der Waals surface area contributed by atoms with Crippen LogP contribution in [0.4, 0.5) is 10.1 Å². The van der Waals surface area contributed by atoms with Gasteiger partial charge in [-0.15, -0.1) is 0 Å². The van der Waals surface area contributed by atoms with Gasteiger partial charge in [-0.1, -0.05) is 23.7 Å². The first kappa shape index (κ1) is 19.9. The Bertz CT molecular complexity index is 1100. The Balaban J connectivity index is 1.60. The second-order valence-corrected chi connectivity index (χ2v) is 8.36. The van der Waals surface area contributed by atoms with Crippen LogP contribution < -0.4 is 10.5 Å². The molecule has 3 heterocycles. The zero-order valence-electron chi connectivity index (χ0n) is 16.8. The van der Waals surface area contributed by atoms with Gasteiger partial charge in [0.2, 0.25) is 0 Å². The van der Waals surface area contributed by atoms with E-state index in [1.807, 2.05) is 18.2 Å². The van der Waals surface area contributed by atoms with E-state index in [1.165, 1.54) is 12.1 Å². The van der Waals surface area contributed by atoms with Crippen LogP contribution in [0.15, 0.2) is 47.3 Å². The van der Waals surface area contributed by atoms with Gasteiger partial charge >= 0.3 is 0 Å². The molecule has 152 valence electrons. The summed E-state index contributed by atoms with van der Waals surface area (Å²) in [7, 11) is 1.74. The SMILES string of the molecule is Cn1c(=O)cc(N2CCN(C(C)(C)c3ccc(F)cc3)CC2)c2nc(Cl)ccc21. The van der Waals surface area contributed by atoms with Crippen LogP contribution in [0.25, 0.3) is 11.0 Å². The number of hydrogen-bond donors (Lipinski definition) is 0. The van der Waals surface area contributed by atoms with Crippen molar-refractivity contribution < 1.29 is 4.39 Å². The maximum atomic E-state index is 13.3. The Morgan fingerprint density at radius 3 is 2.34 bits per heavy atom. The standard InChI is InChI=1S/C22H24ClFN4O/c1-22(2,15-4-6-16(24)7-5-15)28-12-10-27(11-13-28)18-14-20(29)26(3)17-8-9-19(23)25-21(17)18/h4-9,14H,10-13H2,1-3H3. The largest absolute Gasteiger partial charge is 0.367 e. The van der Waals surface area contributed by atoms with Gasteiger partial charge in [0.15, 0.2) is 0 Å². The number of aryl methyl sites for hydroxylation is 1. The maximum Gasteiger partial charge on any atom is 0.252 e. The van der Waals surface area contributed by atoms with Crippen molar-refractivity contribution in [2.45, 2.75) is 19.4 Å². The monoisotopic (exact) mass is 414 g/mol. The van der Waals surface area contributed by atoms with Crippen molar-refractivity contribution in [2.75, 3.05) is 31.1 Å². The Hall–Kier alpha value is -2.44. The zero-order valence-corrected chi connectivity index (χ0v) is 17.6. The van der Waals surface area contributed by atoms with Crippen LogP contribution in [0, 0.1) is 5.82 Å². The summed E-state index contributed by atoms with van der Waals surface area (Å²) < 4.78 is 14.9. The topological polar surface area (TPSA) is 41.4 Å². The number of fused-ring (bicyclic) bond motifs is 1. The van der Waals surface area contributed by atoms with Crippen molar-refractivity contribution >= 4 is 28.3 Å². The van der Waals surface area contributed by atoms with Crippen LogP contribution in [0.2, 0.25) is 5.15 Å². The number of benzene rings is 1. The number of rotatable bonds is 3. The third-order valence-corrected chi connectivity index (χ3v) is 6.21. The normalized spacial score (nSPS) is 15.8. The van der Waals surface area contributed by atoms with Gasteiger partial charge in [0.05, 0.1) is 11.2 Å². The van der Waals surface area contributed by atoms with Gasteiger partial charge in [-0.3, -0.25) is 9.69 Å². The van der Waals surface area contributed by atoms with Crippen LogP contribution >= 0.6 is 11.6 Å². The van der Waals surface area contributed by atoms with Crippen LogP contribution in [0.1, 0.15) is 19.4 Å². The van der Waals surface area contributed by atoms with Gasteiger partial charge in [0.1, 0.15) is 16.5 Å². The molecule has 4 rings (SSSR count). The summed E-state index contributed by atoms with van der Waals surface area (Å²) in [6.45, 7) is 7.49. The van der Waals surface area contributed by atoms with Crippen molar-refractivity contribution in [3.05, 3.63) is 69.4 Å². The predicted octanol–water partition coefficient (Wildman–Crippen LogP) is 3.78. The fraction of sp³-hybridized carbons (Fsp3) is 0.364. The number of aromatic nitrogens is 2. The molecule has 29 heavy (non-hydrogen) atoms. The minimum atomic E-state index is -0.224. The van der Waals surface area contributed by atoms with Gasteiger partial charge in [0, 0.05) is 44.8 Å². The molecule has 1 saturated heterocycles. The van der Waals surface area contributed by atoms with Crippen molar-refractivity contribution in [3.8, 4) is 0 Å². The fourth-order valence-electron chi connectivity index (χ4n) is 4.08. The number of piperazine rings is 1. The summed E-state index contributed by atoms with van der Waals surface area (Å²) in [5.41, 5.74) is 3.14. The van der Waals surface area contributed by atoms with Crippen LogP contribution in [-0.2, 0) is 12.6 Å². The predicted molar refractivity (Wildman–Crippen MR) is 115 cm³/mol. The molecule has 0 amide bonds. The van der Waals surface area contributed by atoms with Crippen molar-refractivity contribution in [1.29, 1.82) is 0 Å². The first-order valence-electron chi connectivity index (χ1n) is 9.70. The summed E-state index contributed by atoms with van der Waals surface area (Å²) in [6, 6.07) is 11.9. The molecule has 0 N–H and O–H groups in total. The summed E-state index contributed by atoms with van der Waals surface area (Å²) >= 11 is 6.13. The maximum absolute atomic E-state index is 13.3. The third-order valence-electron chi connectivity index (χ3n) is 6.00. The summed E-state index contributed by atoms with van der Waals surface area (Å²) in [5.74, 6) is -0.224. The molecule has 1 aliphatic rings. The van der Waals surface area contributed by atoms with E-state index in [9.17, 15) is 9.18 Å². The third kappa shape index (κ3) is 3.63. The van der Waals surface area contributed by atoms with E-state index in [-0.39, 0.29) is 16.9 Å². The molecule has 0 unspecified atom stereocenters. The van der Waals surface area contributed by atoms with Crippen LogP contribution in [0.3, 0.4) is 0 Å². The van der Waals surface area contributed by atoms with Gasteiger partial charge < -0.3 is 9.47 Å². The quantitative estimate of drug-likeness (QED) is 0.611. The number of halogens is 2. The highest BCUT2D eigenvalue weighted by Gasteiger charge is 2.32. The minimum absolute atomic E-state index is 0.0642. The highest BCUT2D eigenvalue weighted by atomic mass is 35.5. The Kier molecular flexibility index (Phi) is 5.09. The highest BCUT2D eigenvalue weighted by molar-refractivity contribution is 6.29. The Labute approximate surface area is 174 Å². The Morgan fingerprint density at radius 1 is 1.03 bits per heavy atom. The van der Waals surface area contributed by atoms with E-state index in [4.69, 9.17) is 11.6 Å². The molecule has 0 bridgehead atoms. The molecule has 2 aromatic heterocycles.